The van der Waals surface area contributed by atoms with E-state index in [2.05, 4.69) is 4.99 Å². The van der Waals surface area contributed by atoms with E-state index >= 15 is 0 Å². The molecule has 0 aliphatic carbocycles. The molecule has 1 aromatic rings. The van der Waals surface area contributed by atoms with E-state index in [9.17, 15) is 13.6 Å². The van der Waals surface area contributed by atoms with Crippen LogP contribution in [0.4, 0.5) is 8.78 Å². The third-order valence-electron chi connectivity index (χ3n) is 2.54. The summed E-state index contributed by atoms with van der Waals surface area (Å²) in [6.07, 6.45) is 2.31. The monoisotopic (exact) mass is 298 g/mol. The second-order valence-corrected chi connectivity index (χ2v) is 3.82. The first kappa shape index (κ1) is 18.8. The largest absolute Gasteiger partial charge is 0.492 e. The van der Waals surface area contributed by atoms with Gasteiger partial charge in [0.2, 0.25) is 0 Å². The molecule has 0 aliphatic rings. The van der Waals surface area contributed by atoms with Gasteiger partial charge in [0.15, 0.2) is 23.7 Å². The van der Waals surface area contributed by atoms with Crippen LogP contribution in [-0.2, 0) is 9.53 Å². The second-order valence-electron chi connectivity index (χ2n) is 3.82. The molecule has 0 aliphatic heterocycles. The summed E-state index contributed by atoms with van der Waals surface area (Å²) in [6.45, 7) is 4.60. The lowest BCUT2D eigenvalue weighted by Gasteiger charge is -2.17. The van der Waals surface area contributed by atoms with E-state index in [-0.39, 0.29) is 0 Å². The first-order chi connectivity index (χ1) is 9.99. The molecular weight excluding hydrogens is 278 g/mol. The average Bonchev–Trinajstić information content (AvgIpc) is 2.51. The maximum atomic E-state index is 11.9. The molecule has 0 unspecified atom stereocenters. The number of rotatable bonds is 4. The Balaban J connectivity index is 0.000000423. The molecule has 21 heavy (non-hydrogen) atoms. The summed E-state index contributed by atoms with van der Waals surface area (Å²) in [6, 6.07) is 5.04. The third-order valence-corrected chi connectivity index (χ3v) is 2.54. The first-order valence-electron chi connectivity index (χ1n) is 6.31. The van der Waals surface area contributed by atoms with E-state index in [1.165, 1.54) is 19.2 Å². The predicted octanol–water partition coefficient (Wildman–Crippen LogP) is 3.01. The van der Waals surface area contributed by atoms with Crippen LogP contribution in [0.2, 0.25) is 0 Å². The number of allylic oxidation sites excluding steroid dienone is 1. The minimum absolute atomic E-state index is 0.296. The minimum atomic E-state index is -0.799. The van der Waals surface area contributed by atoms with Gasteiger partial charge in [-0.25, -0.2) is 8.78 Å². The number of amidine groups is 1. The Morgan fingerprint density at radius 2 is 1.86 bits per heavy atom. The number of carbonyl (C=O) groups is 1. The summed E-state index contributed by atoms with van der Waals surface area (Å²) in [5.74, 6) is -0.455. The Morgan fingerprint density at radius 3 is 2.14 bits per heavy atom. The molecule has 0 radical (unpaired) electrons. The van der Waals surface area contributed by atoms with Gasteiger partial charge < -0.3 is 9.64 Å². The molecule has 0 spiro atoms. The number of aliphatic imine (C=N–C) groups is 1. The quantitative estimate of drug-likeness (QED) is 0.282. The number of nitrogens with zero attached hydrogens (tertiary/aromatic N) is 2. The lowest BCUT2D eigenvalue weighted by atomic mass is 10.3. The van der Waals surface area contributed by atoms with Gasteiger partial charge in [-0.2, -0.15) is 0 Å². The van der Waals surface area contributed by atoms with Gasteiger partial charge in [-0.15, -0.1) is 0 Å². The fourth-order valence-corrected chi connectivity index (χ4v) is 1.27. The zero-order valence-electron chi connectivity index (χ0n) is 12.6. The lowest BCUT2D eigenvalue weighted by Crippen LogP contribution is -2.23. The zero-order valence-corrected chi connectivity index (χ0v) is 12.6. The molecule has 0 bridgehead atoms. The highest BCUT2D eigenvalue weighted by molar-refractivity contribution is 5.81. The Kier molecular flexibility index (Phi) is 9.41. The van der Waals surface area contributed by atoms with Crippen LogP contribution in [0.25, 0.3) is 0 Å². The Hall–Kier alpha value is -2.24. The normalized spacial score (nSPS) is 11.3. The Labute approximate surface area is 123 Å². The standard InChI is InChI=1S/C9H16N2O2.C6H4F2/c1-5-11(8(2)10-3)6-9(7-12)13-4;7-5-3-1-2-4-6(5)8/h6-7H,5H2,1-4H3;1-4H/b9-6+,10-8?;. The van der Waals surface area contributed by atoms with Crippen molar-refractivity contribution in [3.63, 3.8) is 0 Å². The summed E-state index contributed by atoms with van der Waals surface area (Å²) >= 11 is 0. The second kappa shape index (κ2) is 10.5. The van der Waals surface area contributed by atoms with Gasteiger partial charge in [0.05, 0.1) is 19.1 Å². The molecule has 116 valence electrons. The highest BCUT2D eigenvalue weighted by Gasteiger charge is 2.02. The molecule has 6 heteroatoms. The minimum Gasteiger partial charge on any atom is -0.492 e. The molecule has 0 aromatic heterocycles. The van der Waals surface area contributed by atoms with Crippen molar-refractivity contribution in [2.45, 2.75) is 13.8 Å². The van der Waals surface area contributed by atoms with E-state index in [1.807, 2.05) is 18.7 Å². The van der Waals surface area contributed by atoms with Gasteiger partial charge in [0, 0.05) is 13.6 Å². The van der Waals surface area contributed by atoms with Gasteiger partial charge >= 0.3 is 0 Å². The van der Waals surface area contributed by atoms with Crippen LogP contribution >= 0.6 is 0 Å². The number of ether oxygens (including phenoxy) is 1. The molecule has 4 nitrogen and oxygen atoms in total. The molecule has 0 saturated heterocycles. The molecule has 1 rings (SSSR count). The highest BCUT2D eigenvalue weighted by atomic mass is 19.2. The van der Waals surface area contributed by atoms with Crippen LogP contribution in [0.5, 0.6) is 0 Å². The van der Waals surface area contributed by atoms with Crippen molar-refractivity contribution in [1.29, 1.82) is 0 Å². The number of carbonyl (C=O) groups excluding carboxylic acids is 1. The summed E-state index contributed by atoms with van der Waals surface area (Å²) in [7, 11) is 3.17. The molecule has 0 saturated carbocycles. The topological polar surface area (TPSA) is 41.9 Å². The predicted molar refractivity (Wildman–Crippen MR) is 78.9 cm³/mol. The molecule has 0 amide bonds. The number of halogens is 2. The number of hydrogen-bond donors (Lipinski definition) is 0. The summed E-state index contributed by atoms with van der Waals surface area (Å²) in [5.41, 5.74) is 0. The van der Waals surface area contributed by atoms with Gasteiger partial charge in [-0.3, -0.25) is 9.79 Å². The maximum absolute atomic E-state index is 11.9. The van der Waals surface area contributed by atoms with Crippen LogP contribution in [0.3, 0.4) is 0 Å². The summed E-state index contributed by atoms with van der Waals surface area (Å²) in [5, 5.41) is 0. The fraction of sp³-hybridized carbons (Fsp3) is 0.333. The van der Waals surface area contributed by atoms with E-state index < -0.39 is 11.6 Å². The number of methoxy groups -OCH3 is 1. The first-order valence-corrected chi connectivity index (χ1v) is 6.31. The molecule has 0 atom stereocenters. The maximum Gasteiger partial charge on any atom is 0.186 e. The molecule has 0 heterocycles. The number of benzene rings is 1. The van der Waals surface area contributed by atoms with Crippen LogP contribution in [0.1, 0.15) is 13.8 Å². The van der Waals surface area contributed by atoms with Crippen molar-refractivity contribution < 1.29 is 18.3 Å². The zero-order chi connectivity index (χ0) is 16.3. The number of hydrogen-bond acceptors (Lipinski definition) is 3. The van der Waals surface area contributed by atoms with Crippen molar-refractivity contribution in [2.24, 2.45) is 4.99 Å². The van der Waals surface area contributed by atoms with Gasteiger partial charge in [0.25, 0.3) is 0 Å². The van der Waals surface area contributed by atoms with Crippen molar-refractivity contribution in [3.8, 4) is 0 Å². The SMILES string of the molecule is CCN(/C=C(\C=O)OC)C(C)=NC.Fc1ccccc1F. The van der Waals surface area contributed by atoms with Gasteiger partial charge in [-0.05, 0) is 26.0 Å². The van der Waals surface area contributed by atoms with Crippen molar-refractivity contribution in [3.05, 3.63) is 47.9 Å². The smallest absolute Gasteiger partial charge is 0.186 e. The molecule has 0 N–H and O–H groups in total. The van der Waals surface area contributed by atoms with Crippen molar-refractivity contribution in [2.75, 3.05) is 20.7 Å². The summed E-state index contributed by atoms with van der Waals surface area (Å²) in [4.78, 5) is 16.3. The molecule has 0 fully saturated rings. The average molecular weight is 298 g/mol. The van der Waals surface area contributed by atoms with E-state index in [4.69, 9.17) is 4.74 Å². The number of aldehydes is 1. The Morgan fingerprint density at radius 1 is 1.33 bits per heavy atom. The van der Waals surface area contributed by atoms with Crippen molar-refractivity contribution >= 4 is 12.1 Å². The van der Waals surface area contributed by atoms with E-state index in [0.717, 1.165) is 24.5 Å². The fourth-order valence-electron chi connectivity index (χ4n) is 1.27. The summed E-state index contributed by atoms with van der Waals surface area (Å²) < 4.78 is 28.7. The van der Waals surface area contributed by atoms with Crippen LogP contribution in [0.15, 0.2) is 41.2 Å². The van der Waals surface area contributed by atoms with Crippen LogP contribution in [0, 0.1) is 11.6 Å². The highest BCUT2D eigenvalue weighted by Crippen LogP contribution is 2.01. The van der Waals surface area contributed by atoms with Crippen LogP contribution in [-0.4, -0.2) is 37.7 Å². The van der Waals surface area contributed by atoms with E-state index in [1.54, 1.807) is 13.2 Å². The van der Waals surface area contributed by atoms with Crippen LogP contribution < -0.4 is 0 Å². The molecule has 1 aromatic carbocycles. The van der Waals surface area contributed by atoms with Gasteiger partial charge in [0.1, 0.15) is 0 Å². The third kappa shape index (κ3) is 7.20. The van der Waals surface area contributed by atoms with Gasteiger partial charge in [-0.1, -0.05) is 12.1 Å². The van der Waals surface area contributed by atoms with Crippen molar-refractivity contribution in [1.82, 2.24) is 4.90 Å². The Bertz CT molecular complexity index is 481. The molecular formula is C15H20F2N2O2. The van der Waals surface area contributed by atoms with E-state index in [0.29, 0.717) is 12.0 Å². The lowest BCUT2D eigenvalue weighted by molar-refractivity contribution is -0.107.